The molecule has 3 aromatic rings. The number of nitrogens with one attached hydrogen (secondary N) is 1. The number of hydrogen-bond acceptors (Lipinski definition) is 3. The summed E-state index contributed by atoms with van der Waals surface area (Å²) in [5, 5.41) is 3.49. The number of carbonyl (C=O) groups is 1. The van der Waals surface area contributed by atoms with E-state index in [-0.39, 0.29) is 17.9 Å². The van der Waals surface area contributed by atoms with Crippen molar-refractivity contribution in [3.05, 3.63) is 70.5 Å². The molecule has 0 saturated carbocycles. The van der Waals surface area contributed by atoms with Gasteiger partial charge in [-0.15, -0.1) is 0 Å². The molecule has 5 heteroatoms. The molecule has 0 bridgehead atoms. The number of ether oxygens (including phenoxy) is 1. The number of aryl methyl sites for hydroxylation is 1. The first-order valence-corrected chi connectivity index (χ1v) is 8.20. The number of carbonyl (C=O) groups excluding carboxylic acids is 1. The van der Waals surface area contributed by atoms with E-state index in [2.05, 4.69) is 5.32 Å². The van der Waals surface area contributed by atoms with Gasteiger partial charge in [0, 0.05) is 17.6 Å². The third-order valence-electron chi connectivity index (χ3n) is 3.91. The predicted molar refractivity (Wildman–Crippen MR) is 99.2 cm³/mol. The Morgan fingerprint density at radius 2 is 1.96 bits per heavy atom. The minimum Gasteiger partial charge on any atom is -0.492 e. The van der Waals surface area contributed by atoms with Crippen LogP contribution in [0.3, 0.4) is 0 Å². The highest BCUT2D eigenvalue weighted by atomic mass is 16.5. The number of fused-ring (bicyclic) bond motifs is 1. The van der Waals surface area contributed by atoms with Crippen molar-refractivity contribution >= 4 is 22.5 Å². The Hall–Kier alpha value is -3.08. The number of amides is 1. The van der Waals surface area contributed by atoms with Crippen LogP contribution in [0.25, 0.3) is 10.9 Å². The first-order valence-electron chi connectivity index (χ1n) is 8.20. The summed E-state index contributed by atoms with van der Waals surface area (Å²) in [7, 11) is 0. The molecule has 0 saturated heterocycles. The van der Waals surface area contributed by atoms with Crippen LogP contribution in [0.1, 0.15) is 12.5 Å². The number of benzene rings is 2. The van der Waals surface area contributed by atoms with Crippen LogP contribution in [0.4, 0.5) is 5.69 Å². The lowest BCUT2D eigenvalue weighted by Crippen LogP contribution is -2.20. The molecule has 0 fully saturated rings. The Morgan fingerprint density at radius 3 is 2.76 bits per heavy atom. The molecule has 1 N–H and O–H groups in total. The summed E-state index contributed by atoms with van der Waals surface area (Å²) >= 11 is 0. The van der Waals surface area contributed by atoms with Gasteiger partial charge < -0.3 is 14.6 Å². The molecule has 0 unspecified atom stereocenters. The van der Waals surface area contributed by atoms with Crippen LogP contribution in [0.15, 0.2) is 59.5 Å². The smallest absolute Gasteiger partial charge is 0.244 e. The summed E-state index contributed by atoms with van der Waals surface area (Å²) in [6.07, 6.45) is 1.65. The summed E-state index contributed by atoms with van der Waals surface area (Å²) in [4.78, 5) is 24.5. The van der Waals surface area contributed by atoms with Crippen LogP contribution >= 0.6 is 0 Å². The number of para-hydroxylation sites is 2. The molecule has 0 aliphatic carbocycles. The predicted octanol–water partition coefficient (Wildman–Crippen LogP) is 3.35. The molecular weight excluding hydrogens is 316 g/mol. The van der Waals surface area contributed by atoms with Crippen molar-refractivity contribution in [3.63, 3.8) is 0 Å². The third-order valence-corrected chi connectivity index (χ3v) is 3.91. The molecule has 1 aromatic heterocycles. The van der Waals surface area contributed by atoms with Crippen molar-refractivity contribution in [2.75, 3.05) is 11.9 Å². The van der Waals surface area contributed by atoms with Gasteiger partial charge in [0.1, 0.15) is 12.3 Å². The monoisotopic (exact) mass is 336 g/mol. The van der Waals surface area contributed by atoms with Gasteiger partial charge in [-0.05, 0) is 38.1 Å². The van der Waals surface area contributed by atoms with Gasteiger partial charge in [-0.3, -0.25) is 9.59 Å². The topological polar surface area (TPSA) is 60.3 Å². The maximum atomic E-state index is 12.5. The van der Waals surface area contributed by atoms with E-state index in [0.29, 0.717) is 23.4 Å². The molecule has 0 radical (unpaired) electrons. The van der Waals surface area contributed by atoms with Gasteiger partial charge in [0.2, 0.25) is 5.91 Å². The zero-order chi connectivity index (χ0) is 17.8. The zero-order valence-electron chi connectivity index (χ0n) is 14.3. The highest BCUT2D eigenvalue weighted by Crippen LogP contribution is 2.23. The fourth-order valence-electron chi connectivity index (χ4n) is 2.76. The molecule has 0 atom stereocenters. The van der Waals surface area contributed by atoms with Crippen LogP contribution in [0.5, 0.6) is 5.75 Å². The number of aromatic nitrogens is 1. The van der Waals surface area contributed by atoms with Crippen molar-refractivity contribution < 1.29 is 9.53 Å². The Kier molecular flexibility index (Phi) is 4.84. The number of hydrogen-bond donors (Lipinski definition) is 1. The average Bonchev–Trinajstić information content (AvgIpc) is 2.59. The average molecular weight is 336 g/mol. The van der Waals surface area contributed by atoms with Gasteiger partial charge in [0.15, 0.2) is 5.43 Å². The number of rotatable bonds is 5. The second kappa shape index (κ2) is 7.21. The van der Waals surface area contributed by atoms with Gasteiger partial charge in [-0.25, -0.2) is 0 Å². The highest BCUT2D eigenvalue weighted by Gasteiger charge is 2.10. The van der Waals surface area contributed by atoms with Crippen LogP contribution in [0.2, 0.25) is 0 Å². The summed E-state index contributed by atoms with van der Waals surface area (Å²) < 4.78 is 7.30. The second-order valence-corrected chi connectivity index (χ2v) is 5.81. The van der Waals surface area contributed by atoms with Gasteiger partial charge in [0.05, 0.1) is 17.8 Å². The van der Waals surface area contributed by atoms with E-state index in [4.69, 9.17) is 4.74 Å². The Bertz CT molecular complexity index is 976. The fourth-order valence-corrected chi connectivity index (χ4v) is 2.76. The summed E-state index contributed by atoms with van der Waals surface area (Å²) in [6.45, 7) is 4.47. The zero-order valence-corrected chi connectivity index (χ0v) is 14.3. The number of nitrogens with zero attached hydrogens (tertiary/aromatic N) is 1. The Labute approximate surface area is 145 Å². The van der Waals surface area contributed by atoms with Crippen molar-refractivity contribution in [2.24, 2.45) is 0 Å². The molecule has 0 spiro atoms. The van der Waals surface area contributed by atoms with E-state index in [1.165, 1.54) is 6.07 Å². The van der Waals surface area contributed by atoms with Gasteiger partial charge in [0.25, 0.3) is 0 Å². The van der Waals surface area contributed by atoms with Crippen molar-refractivity contribution in [1.82, 2.24) is 4.57 Å². The SMILES string of the molecule is CCOc1ccccc1NC(=O)Cn1ccc(=O)c2cc(C)ccc21. The van der Waals surface area contributed by atoms with E-state index in [9.17, 15) is 9.59 Å². The Balaban J connectivity index is 1.86. The van der Waals surface area contributed by atoms with E-state index < -0.39 is 0 Å². The lowest BCUT2D eigenvalue weighted by Gasteiger charge is -2.13. The van der Waals surface area contributed by atoms with Crippen LogP contribution in [0, 0.1) is 6.92 Å². The summed E-state index contributed by atoms with van der Waals surface area (Å²) in [6, 6.07) is 14.5. The van der Waals surface area contributed by atoms with E-state index in [1.807, 2.05) is 50.2 Å². The largest absolute Gasteiger partial charge is 0.492 e. The second-order valence-electron chi connectivity index (χ2n) is 5.81. The third kappa shape index (κ3) is 3.71. The van der Waals surface area contributed by atoms with Crippen molar-refractivity contribution in [3.8, 4) is 5.75 Å². The first-order chi connectivity index (χ1) is 12.1. The van der Waals surface area contributed by atoms with E-state index >= 15 is 0 Å². The van der Waals surface area contributed by atoms with E-state index in [0.717, 1.165) is 11.1 Å². The standard InChI is InChI=1S/C20H20N2O3/c1-3-25-19-7-5-4-6-16(19)21-20(24)13-22-11-10-18(23)15-12-14(2)8-9-17(15)22/h4-12H,3,13H2,1-2H3,(H,21,24). The maximum Gasteiger partial charge on any atom is 0.244 e. The van der Waals surface area contributed by atoms with Crippen molar-refractivity contribution in [1.29, 1.82) is 0 Å². The Morgan fingerprint density at radius 1 is 1.16 bits per heavy atom. The highest BCUT2D eigenvalue weighted by molar-refractivity contribution is 5.93. The first kappa shape index (κ1) is 16.8. The molecule has 5 nitrogen and oxygen atoms in total. The molecule has 25 heavy (non-hydrogen) atoms. The normalized spacial score (nSPS) is 10.6. The minimum absolute atomic E-state index is 0.0444. The van der Waals surface area contributed by atoms with Crippen molar-refractivity contribution in [2.45, 2.75) is 20.4 Å². The van der Waals surface area contributed by atoms with Crippen LogP contribution in [-0.4, -0.2) is 17.1 Å². The van der Waals surface area contributed by atoms with E-state index in [1.54, 1.807) is 16.8 Å². The molecule has 0 aliphatic heterocycles. The van der Waals surface area contributed by atoms with Gasteiger partial charge in [-0.1, -0.05) is 23.8 Å². The minimum atomic E-state index is -0.183. The van der Waals surface area contributed by atoms with Crippen LogP contribution < -0.4 is 15.5 Å². The van der Waals surface area contributed by atoms with Gasteiger partial charge >= 0.3 is 0 Å². The molecule has 1 amide bonds. The van der Waals surface area contributed by atoms with Crippen LogP contribution in [-0.2, 0) is 11.3 Å². The maximum absolute atomic E-state index is 12.5. The van der Waals surface area contributed by atoms with Gasteiger partial charge in [-0.2, -0.15) is 0 Å². The quantitative estimate of drug-likeness (QED) is 0.777. The summed E-state index contributed by atoms with van der Waals surface area (Å²) in [5.41, 5.74) is 2.34. The summed E-state index contributed by atoms with van der Waals surface area (Å²) in [5.74, 6) is 0.455. The molecule has 128 valence electrons. The molecule has 2 aromatic carbocycles. The molecule has 3 rings (SSSR count). The number of anilines is 1. The lowest BCUT2D eigenvalue weighted by molar-refractivity contribution is -0.116. The fraction of sp³-hybridized carbons (Fsp3) is 0.200. The molecule has 0 aliphatic rings. The lowest BCUT2D eigenvalue weighted by atomic mass is 10.1. The molecule has 1 heterocycles. The number of pyridine rings is 1. The molecular formula is C20H20N2O3.